The molecule has 0 bridgehead atoms. The van der Waals surface area contributed by atoms with Crippen LogP contribution in [0.5, 0.6) is 0 Å². The summed E-state index contributed by atoms with van der Waals surface area (Å²) in [5.41, 5.74) is 0. The number of halogens is 6. The molecule has 0 heterocycles. The fourth-order valence-corrected chi connectivity index (χ4v) is 10.0. The Morgan fingerprint density at radius 3 is 0.717 bits per heavy atom. The molecule has 0 radical (unpaired) electrons. The van der Waals surface area contributed by atoms with Gasteiger partial charge in [0.15, 0.2) is 0 Å². The molecule has 0 saturated carbocycles. The van der Waals surface area contributed by atoms with E-state index in [2.05, 4.69) is 170 Å². The smallest absolute Gasteiger partial charge is 0.0123 e. The first-order valence-electron chi connectivity index (χ1n) is 14.0. The fraction of sp³-hybridized carbons (Fsp3) is 0. The Morgan fingerprint density at radius 2 is 0.500 bits per heavy atom. The minimum atomic E-state index is -11.2. The summed E-state index contributed by atoms with van der Waals surface area (Å²) in [6, 6.07) is 61.9. The Labute approximate surface area is 277 Å². The van der Waals surface area contributed by atoms with Crippen molar-refractivity contribution in [3.8, 4) is 0 Å². The van der Waals surface area contributed by atoms with Gasteiger partial charge in [-0.05, 0) is 126 Å². The fourth-order valence-electron chi connectivity index (χ4n) is 4.67. The van der Waals surface area contributed by atoms with Gasteiger partial charge in [-0.25, -0.2) is 0 Å². The summed E-state index contributed by atoms with van der Waals surface area (Å²) in [4.78, 5) is 10.8. The molecule has 0 aliphatic carbocycles. The van der Waals surface area contributed by atoms with Crippen molar-refractivity contribution in [1.82, 2.24) is 0 Å². The molecule has 0 spiro atoms. The summed E-state index contributed by atoms with van der Waals surface area (Å²) in [6.07, 6.45) is 0. The van der Waals surface area contributed by atoms with Gasteiger partial charge in [-0.1, -0.05) is 84.6 Å². The van der Waals surface area contributed by atoms with E-state index in [0.717, 1.165) is 0 Å². The Bertz CT molecular complexity index is 1610. The van der Waals surface area contributed by atoms with Gasteiger partial charge in [-0.3, -0.25) is 0 Å². The molecule has 10 heteroatoms. The average Bonchev–Trinajstić information content (AvgIpc) is 3.04. The standard InChI is InChI=1S/C36H30S3.6FH.Sb/c1-5-13-31(14-6-1)38(32-15-7-2-8-16-32)35-25-21-29(22-26-35)37-30-23-27-36(28-24-30)39(33-17-9-3-10-18-33)34-19-11-4-12-20-34;;;;;;;/h1-28,38-39H;6*1H;/q;;;;;;;+5/p-6. The maximum Gasteiger partial charge on any atom is 0.0123 e. The van der Waals surface area contributed by atoms with Crippen LogP contribution in [0.3, 0.4) is 0 Å². The molecule has 6 aromatic carbocycles. The van der Waals surface area contributed by atoms with Crippen molar-refractivity contribution in [3.63, 3.8) is 0 Å². The van der Waals surface area contributed by atoms with E-state index in [9.17, 15) is 16.9 Å². The normalized spacial score (nSPS) is 13.3. The summed E-state index contributed by atoms with van der Waals surface area (Å²) in [7, 11) is -1.16. The van der Waals surface area contributed by atoms with Gasteiger partial charge < -0.3 is 0 Å². The molecule has 6 rings (SSSR count). The first kappa shape index (κ1) is 34.1. The van der Waals surface area contributed by atoms with Gasteiger partial charge in [0, 0.05) is 9.79 Å². The maximum atomic E-state index is 9.93. The molecule has 0 aliphatic heterocycles. The van der Waals surface area contributed by atoms with Crippen molar-refractivity contribution < 1.29 is 16.9 Å². The Morgan fingerprint density at radius 1 is 0.304 bits per heavy atom. The maximum absolute atomic E-state index is 11.2. The number of hydrogen-bond acceptors (Lipinski definition) is 1. The molecule has 240 valence electrons. The summed E-state index contributed by atoms with van der Waals surface area (Å²) in [6.45, 7) is 0. The third-order valence-electron chi connectivity index (χ3n) is 6.48. The molecule has 0 amide bonds. The molecule has 0 nitrogen and oxygen atoms in total. The Hall–Kier alpha value is -3.23. The first-order chi connectivity index (χ1) is 21.8. The van der Waals surface area contributed by atoms with Gasteiger partial charge in [0.1, 0.15) is 0 Å². The van der Waals surface area contributed by atoms with Crippen LogP contribution in [0.25, 0.3) is 0 Å². The van der Waals surface area contributed by atoms with Crippen LogP contribution in [-0.2, 0) is 0 Å². The minimum Gasteiger partial charge on any atom is -0.173 e. The average molecular weight is 795 g/mol. The number of rotatable bonds is 8. The van der Waals surface area contributed by atoms with Gasteiger partial charge in [0.2, 0.25) is 0 Å². The van der Waals surface area contributed by atoms with E-state index < -0.39 is 41.3 Å². The molecular formula is C36H30F6S3Sb-. The first-order valence-corrected chi connectivity index (χ1v) is 23.3. The third kappa shape index (κ3) is 10.9. The van der Waals surface area contributed by atoms with Crippen molar-refractivity contribution in [2.75, 3.05) is 0 Å². The van der Waals surface area contributed by atoms with E-state index in [1.54, 1.807) is 0 Å². The number of benzene rings is 6. The van der Waals surface area contributed by atoms with Gasteiger partial charge in [0.25, 0.3) is 0 Å². The topological polar surface area (TPSA) is 0 Å². The van der Waals surface area contributed by atoms with Crippen LogP contribution in [0.4, 0.5) is 16.9 Å². The summed E-state index contributed by atoms with van der Waals surface area (Å²) < 4.78 is 59.6. The molecule has 0 aromatic heterocycles. The number of thiol groups is 2. The SMILES string of the molecule is [F][Sb-]([F])([F])([F])([F])[F].c1ccc([SH](c2ccccc2)c2ccc(Sc3ccc([SH](c4ccccc4)c4ccccc4)cc3)cc2)cc1. The zero-order chi connectivity index (χ0) is 32.7. The van der Waals surface area contributed by atoms with Crippen LogP contribution < -0.4 is 0 Å². The Balaban J connectivity index is 0.000000537. The van der Waals surface area contributed by atoms with Crippen LogP contribution in [-0.4, -0.2) is 19.5 Å². The van der Waals surface area contributed by atoms with Crippen molar-refractivity contribution in [2.24, 2.45) is 0 Å². The molecule has 0 saturated heterocycles. The van der Waals surface area contributed by atoms with E-state index >= 15 is 0 Å². The quantitative estimate of drug-likeness (QED) is 0.0879. The van der Waals surface area contributed by atoms with E-state index in [4.69, 9.17) is 0 Å². The molecule has 0 fully saturated rings. The molecule has 0 N–H and O–H groups in total. The minimum absolute atomic E-state index is 0.581. The summed E-state index contributed by atoms with van der Waals surface area (Å²) in [5.74, 6) is 0. The van der Waals surface area contributed by atoms with Crippen LogP contribution in [0.2, 0.25) is 0 Å². The Kier molecular flexibility index (Phi) is 10.3. The van der Waals surface area contributed by atoms with E-state index in [1.165, 1.54) is 39.2 Å². The van der Waals surface area contributed by atoms with Crippen molar-refractivity contribution in [1.29, 1.82) is 0 Å². The second-order valence-electron chi connectivity index (χ2n) is 10.1. The van der Waals surface area contributed by atoms with E-state index in [1.807, 2.05) is 11.8 Å². The number of hydrogen-bond donors (Lipinski definition) is 2. The zero-order valence-electron chi connectivity index (χ0n) is 24.2. The van der Waals surface area contributed by atoms with E-state index in [-0.39, 0.29) is 0 Å². The third-order valence-corrected chi connectivity index (χ3v) is 12.4. The molecule has 6 aromatic rings. The van der Waals surface area contributed by atoms with E-state index in [0.29, 0.717) is 0 Å². The van der Waals surface area contributed by atoms with Crippen LogP contribution in [0, 0.1) is 0 Å². The largest absolute Gasteiger partial charge is 0.173 e. The predicted octanol–water partition coefficient (Wildman–Crippen LogP) is 12.9. The predicted molar refractivity (Wildman–Crippen MR) is 183 cm³/mol. The van der Waals surface area contributed by atoms with Gasteiger partial charge >= 0.3 is 36.4 Å². The van der Waals surface area contributed by atoms with Gasteiger partial charge in [0.05, 0.1) is 0 Å². The second-order valence-corrected chi connectivity index (χ2v) is 21.1. The van der Waals surface area contributed by atoms with Crippen LogP contribution in [0.1, 0.15) is 0 Å². The molecule has 46 heavy (non-hydrogen) atoms. The summed E-state index contributed by atoms with van der Waals surface area (Å²) in [5, 5.41) is 0. The molecule has 0 atom stereocenters. The molecular weight excluding hydrogens is 764 g/mol. The van der Waals surface area contributed by atoms with Crippen molar-refractivity contribution in [3.05, 3.63) is 170 Å². The molecule has 0 aliphatic rings. The summed E-state index contributed by atoms with van der Waals surface area (Å²) >= 11 is -9.42. The second kappa shape index (κ2) is 13.9. The molecule has 0 unspecified atom stereocenters. The van der Waals surface area contributed by atoms with Gasteiger partial charge in [-0.15, -0.1) is 0 Å². The van der Waals surface area contributed by atoms with Gasteiger partial charge in [-0.2, -0.15) is 21.8 Å². The monoisotopic (exact) mass is 793 g/mol. The van der Waals surface area contributed by atoms with Crippen LogP contribution in [0.15, 0.2) is 209 Å². The zero-order valence-corrected chi connectivity index (χ0v) is 29.3. The van der Waals surface area contributed by atoms with Crippen molar-refractivity contribution >= 4 is 53.0 Å². The van der Waals surface area contributed by atoms with Crippen LogP contribution >= 0.6 is 33.6 Å². The van der Waals surface area contributed by atoms with Crippen molar-refractivity contribution in [2.45, 2.75) is 39.2 Å².